The molecule has 0 aromatic carbocycles. The maximum Gasteiger partial charge on any atom is 0.312 e. The largest absolute Gasteiger partial charge is 0.465 e. The Balaban J connectivity index is 2.49. The fourth-order valence-corrected chi connectivity index (χ4v) is 0.918. The van der Waals surface area contributed by atoms with Crippen LogP contribution in [0.2, 0.25) is 0 Å². The van der Waals surface area contributed by atoms with E-state index >= 15 is 0 Å². The number of esters is 1. The highest BCUT2D eigenvalue weighted by Crippen LogP contribution is 2.14. The lowest BCUT2D eigenvalue weighted by molar-refractivity contribution is -0.140. The van der Waals surface area contributed by atoms with E-state index in [1.807, 2.05) is 19.1 Å². The number of allylic oxidation sites excluding steroid dienone is 1. The Kier molecular flexibility index (Phi) is 1.88. The summed E-state index contributed by atoms with van der Waals surface area (Å²) in [7, 11) is 0. The van der Waals surface area contributed by atoms with Gasteiger partial charge in [0.15, 0.2) is 0 Å². The van der Waals surface area contributed by atoms with Crippen molar-refractivity contribution in [2.75, 3.05) is 6.61 Å². The first-order valence-corrected chi connectivity index (χ1v) is 3.14. The van der Waals surface area contributed by atoms with Gasteiger partial charge in [0.05, 0.1) is 12.5 Å². The van der Waals surface area contributed by atoms with E-state index in [1.165, 1.54) is 0 Å². The molecule has 1 rings (SSSR count). The van der Waals surface area contributed by atoms with Crippen LogP contribution in [0, 0.1) is 5.92 Å². The molecule has 1 unspecified atom stereocenters. The highest BCUT2D eigenvalue weighted by Gasteiger charge is 2.22. The lowest BCUT2D eigenvalue weighted by Crippen LogP contribution is -2.03. The first kappa shape index (κ1) is 6.33. The van der Waals surface area contributed by atoms with E-state index in [4.69, 9.17) is 4.74 Å². The minimum absolute atomic E-state index is 0.0370. The summed E-state index contributed by atoms with van der Waals surface area (Å²) >= 11 is 0. The van der Waals surface area contributed by atoms with Gasteiger partial charge in [-0.05, 0) is 13.3 Å². The molecule has 1 fully saturated rings. The molecular formula is C7H10O2. The van der Waals surface area contributed by atoms with Gasteiger partial charge in [-0.3, -0.25) is 4.79 Å². The van der Waals surface area contributed by atoms with E-state index in [1.54, 1.807) is 0 Å². The van der Waals surface area contributed by atoms with Crippen LogP contribution in [0.25, 0.3) is 0 Å². The highest BCUT2D eigenvalue weighted by atomic mass is 16.5. The molecule has 0 radical (unpaired) electrons. The molecule has 1 heterocycles. The molecule has 1 atom stereocenters. The van der Waals surface area contributed by atoms with E-state index < -0.39 is 0 Å². The third-order valence-corrected chi connectivity index (χ3v) is 1.40. The van der Waals surface area contributed by atoms with Crippen molar-refractivity contribution >= 4 is 5.97 Å². The lowest BCUT2D eigenvalue weighted by atomic mass is 10.1. The lowest BCUT2D eigenvalue weighted by Gasteiger charge is -1.92. The zero-order valence-electron chi connectivity index (χ0n) is 5.46. The Labute approximate surface area is 54.5 Å². The molecule has 0 aromatic rings. The molecule has 0 saturated carbocycles. The summed E-state index contributed by atoms with van der Waals surface area (Å²) in [4.78, 5) is 10.7. The van der Waals surface area contributed by atoms with Crippen molar-refractivity contribution in [3.8, 4) is 0 Å². The summed E-state index contributed by atoms with van der Waals surface area (Å²) in [5, 5.41) is 0. The van der Waals surface area contributed by atoms with Gasteiger partial charge in [-0.1, -0.05) is 12.2 Å². The molecule has 1 aliphatic heterocycles. The van der Waals surface area contributed by atoms with Gasteiger partial charge in [0.2, 0.25) is 0 Å². The van der Waals surface area contributed by atoms with Gasteiger partial charge in [0, 0.05) is 0 Å². The fraction of sp³-hybridized carbons (Fsp3) is 0.571. The van der Waals surface area contributed by atoms with Crippen LogP contribution in [-0.2, 0) is 9.53 Å². The number of hydrogen-bond acceptors (Lipinski definition) is 2. The topological polar surface area (TPSA) is 26.3 Å². The fourth-order valence-electron chi connectivity index (χ4n) is 0.918. The predicted molar refractivity (Wildman–Crippen MR) is 33.9 cm³/mol. The molecule has 1 aliphatic rings. The third-order valence-electron chi connectivity index (χ3n) is 1.40. The van der Waals surface area contributed by atoms with Gasteiger partial charge in [0.25, 0.3) is 0 Å². The van der Waals surface area contributed by atoms with Crippen LogP contribution in [0.4, 0.5) is 0 Å². The molecule has 0 N–H and O–H groups in total. The Morgan fingerprint density at radius 3 is 3.00 bits per heavy atom. The van der Waals surface area contributed by atoms with Crippen molar-refractivity contribution in [3.63, 3.8) is 0 Å². The summed E-state index contributed by atoms with van der Waals surface area (Å²) in [5.41, 5.74) is 0. The normalized spacial score (nSPS) is 27.2. The van der Waals surface area contributed by atoms with Gasteiger partial charge in [-0.15, -0.1) is 0 Å². The Hall–Kier alpha value is -0.790. The van der Waals surface area contributed by atoms with E-state index in [2.05, 4.69) is 0 Å². The van der Waals surface area contributed by atoms with Crippen LogP contribution in [-0.4, -0.2) is 12.6 Å². The second kappa shape index (κ2) is 2.67. The van der Waals surface area contributed by atoms with Crippen LogP contribution >= 0.6 is 0 Å². The maximum absolute atomic E-state index is 10.7. The summed E-state index contributed by atoms with van der Waals surface area (Å²) in [6, 6.07) is 0. The monoisotopic (exact) mass is 126 g/mol. The Morgan fingerprint density at radius 1 is 1.78 bits per heavy atom. The molecule has 0 amide bonds. The highest BCUT2D eigenvalue weighted by molar-refractivity contribution is 5.76. The minimum atomic E-state index is -0.0758. The standard InChI is InChI=1S/C7H10O2/c1-2-3-6-4-5-9-7(6)8/h2-3,6H,4-5H2,1H3. The van der Waals surface area contributed by atoms with Crippen LogP contribution < -0.4 is 0 Å². The zero-order chi connectivity index (χ0) is 6.69. The van der Waals surface area contributed by atoms with E-state index in [-0.39, 0.29) is 11.9 Å². The second-order valence-corrected chi connectivity index (χ2v) is 2.09. The SMILES string of the molecule is CC=CC1CCOC1=O. The quantitative estimate of drug-likeness (QED) is 0.389. The van der Waals surface area contributed by atoms with Crippen LogP contribution in [0.1, 0.15) is 13.3 Å². The van der Waals surface area contributed by atoms with Gasteiger partial charge in [-0.2, -0.15) is 0 Å². The first-order valence-electron chi connectivity index (χ1n) is 3.14. The van der Waals surface area contributed by atoms with Gasteiger partial charge in [0.1, 0.15) is 0 Å². The van der Waals surface area contributed by atoms with Gasteiger partial charge in [-0.25, -0.2) is 0 Å². The number of rotatable bonds is 1. The second-order valence-electron chi connectivity index (χ2n) is 2.09. The van der Waals surface area contributed by atoms with Crippen molar-refractivity contribution in [2.45, 2.75) is 13.3 Å². The molecule has 2 nitrogen and oxygen atoms in total. The summed E-state index contributed by atoms with van der Waals surface area (Å²) in [5.74, 6) is -0.0388. The molecule has 50 valence electrons. The molecule has 0 bridgehead atoms. The maximum atomic E-state index is 10.7. The average Bonchev–Trinajstić information content (AvgIpc) is 2.18. The van der Waals surface area contributed by atoms with Crippen LogP contribution in [0.3, 0.4) is 0 Å². The summed E-state index contributed by atoms with van der Waals surface area (Å²) in [6.45, 7) is 2.50. The smallest absolute Gasteiger partial charge is 0.312 e. The molecule has 9 heavy (non-hydrogen) atoms. The number of carbonyl (C=O) groups is 1. The average molecular weight is 126 g/mol. The molecule has 0 aliphatic carbocycles. The third kappa shape index (κ3) is 1.31. The molecule has 1 saturated heterocycles. The van der Waals surface area contributed by atoms with Gasteiger partial charge < -0.3 is 4.74 Å². The minimum Gasteiger partial charge on any atom is -0.465 e. The van der Waals surface area contributed by atoms with Crippen molar-refractivity contribution < 1.29 is 9.53 Å². The number of carbonyl (C=O) groups excluding carboxylic acids is 1. The molecule has 2 heteroatoms. The number of cyclic esters (lactones) is 1. The van der Waals surface area contributed by atoms with E-state index in [0.717, 1.165) is 6.42 Å². The number of hydrogen-bond donors (Lipinski definition) is 0. The van der Waals surface area contributed by atoms with Gasteiger partial charge >= 0.3 is 5.97 Å². The Bertz CT molecular complexity index is 138. The van der Waals surface area contributed by atoms with Crippen molar-refractivity contribution in [2.24, 2.45) is 5.92 Å². The first-order chi connectivity index (χ1) is 4.34. The Morgan fingerprint density at radius 2 is 2.56 bits per heavy atom. The molecule has 0 spiro atoms. The zero-order valence-corrected chi connectivity index (χ0v) is 5.46. The summed E-state index contributed by atoms with van der Waals surface area (Å²) < 4.78 is 4.73. The molecule has 0 aromatic heterocycles. The van der Waals surface area contributed by atoms with Crippen LogP contribution in [0.15, 0.2) is 12.2 Å². The van der Waals surface area contributed by atoms with Crippen molar-refractivity contribution in [3.05, 3.63) is 12.2 Å². The van der Waals surface area contributed by atoms with Crippen LogP contribution in [0.5, 0.6) is 0 Å². The number of ether oxygens (including phenoxy) is 1. The van der Waals surface area contributed by atoms with E-state index in [9.17, 15) is 4.79 Å². The van der Waals surface area contributed by atoms with Crippen molar-refractivity contribution in [1.82, 2.24) is 0 Å². The van der Waals surface area contributed by atoms with E-state index in [0.29, 0.717) is 6.61 Å². The summed E-state index contributed by atoms with van der Waals surface area (Å²) in [6.07, 6.45) is 4.62. The van der Waals surface area contributed by atoms with Crippen molar-refractivity contribution in [1.29, 1.82) is 0 Å². The molecular weight excluding hydrogens is 116 g/mol. The predicted octanol–water partition coefficient (Wildman–Crippen LogP) is 1.13.